The van der Waals surface area contributed by atoms with Gasteiger partial charge in [-0.25, -0.2) is 4.39 Å². The van der Waals surface area contributed by atoms with E-state index in [2.05, 4.69) is 5.32 Å². The number of esters is 1. The lowest BCUT2D eigenvalue weighted by Gasteiger charge is -2.26. The third-order valence-electron chi connectivity index (χ3n) is 8.25. The Kier molecular flexibility index (Phi) is 6.10. The van der Waals surface area contributed by atoms with Gasteiger partial charge in [0, 0.05) is 17.3 Å². The molecule has 3 fully saturated rings. The number of fused-ring (bicyclic) bond motifs is 1. The summed E-state index contributed by atoms with van der Waals surface area (Å²) < 4.78 is 26.8. The van der Waals surface area contributed by atoms with Crippen LogP contribution in [-0.4, -0.2) is 42.1 Å². The zero-order chi connectivity index (χ0) is 26.6. The number of nitrogens with one attached hydrogen (secondary N) is 1. The predicted octanol–water partition coefficient (Wildman–Crippen LogP) is 4.07. The summed E-state index contributed by atoms with van der Waals surface area (Å²) in [6.07, 6.45) is 5.23. The Labute approximate surface area is 221 Å². The quantitative estimate of drug-likeness (QED) is 0.460. The van der Waals surface area contributed by atoms with Gasteiger partial charge in [0.25, 0.3) is 5.91 Å². The van der Waals surface area contributed by atoms with Crippen LogP contribution < -0.4 is 10.2 Å². The summed E-state index contributed by atoms with van der Waals surface area (Å²) in [6, 6.07) is 11.7. The van der Waals surface area contributed by atoms with Crippen molar-refractivity contribution in [3.05, 3.63) is 77.1 Å². The van der Waals surface area contributed by atoms with Gasteiger partial charge >= 0.3 is 5.97 Å². The maximum atomic E-state index is 14.8. The molecule has 7 nitrogen and oxygen atoms in total. The number of benzene rings is 2. The van der Waals surface area contributed by atoms with Crippen LogP contribution in [0.3, 0.4) is 0 Å². The Morgan fingerprint density at radius 3 is 2.55 bits per heavy atom. The van der Waals surface area contributed by atoms with E-state index in [9.17, 15) is 18.8 Å². The summed E-state index contributed by atoms with van der Waals surface area (Å²) in [4.78, 5) is 42.4. The van der Waals surface area contributed by atoms with Crippen molar-refractivity contribution >= 4 is 23.5 Å². The van der Waals surface area contributed by atoms with E-state index in [0.717, 1.165) is 42.5 Å². The summed E-state index contributed by atoms with van der Waals surface area (Å²) in [5.74, 6) is -3.87. The largest absolute Gasteiger partial charge is 0.447 e. The van der Waals surface area contributed by atoms with Crippen LogP contribution in [0.25, 0.3) is 0 Å². The Morgan fingerprint density at radius 1 is 1.13 bits per heavy atom. The molecule has 198 valence electrons. The molecule has 2 aromatic rings. The summed E-state index contributed by atoms with van der Waals surface area (Å²) in [6.45, 7) is 4.23. The molecule has 1 aliphatic carbocycles. The first-order chi connectivity index (χ1) is 18.3. The molecule has 2 bridgehead atoms. The lowest BCUT2D eigenvalue weighted by atomic mass is 9.77. The maximum absolute atomic E-state index is 14.8. The number of carbonyl (C=O) groups excluding carboxylic acids is 3. The fraction of sp³-hybridized carbons (Fsp3) is 0.433. The van der Waals surface area contributed by atoms with Crippen LogP contribution in [0.2, 0.25) is 0 Å². The van der Waals surface area contributed by atoms with Crippen molar-refractivity contribution < 1.29 is 28.2 Å². The number of rotatable bonds is 6. The molecule has 5 atom stereocenters. The van der Waals surface area contributed by atoms with Gasteiger partial charge in [0.05, 0.1) is 18.6 Å². The molecule has 2 amide bonds. The van der Waals surface area contributed by atoms with E-state index >= 15 is 0 Å². The fourth-order valence-corrected chi connectivity index (χ4v) is 6.58. The van der Waals surface area contributed by atoms with Crippen molar-refractivity contribution in [2.24, 2.45) is 11.8 Å². The molecule has 1 N–H and O–H groups in total. The van der Waals surface area contributed by atoms with Crippen LogP contribution >= 0.6 is 0 Å². The topological polar surface area (TPSA) is 84.9 Å². The lowest BCUT2D eigenvalue weighted by molar-refractivity contribution is -0.163. The molecule has 3 aliphatic heterocycles. The van der Waals surface area contributed by atoms with E-state index in [1.54, 1.807) is 17.0 Å². The average Bonchev–Trinajstić information content (AvgIpc) is 3.65. The molecule has 3 heterocycles. The Bertz CT molecular complexity index is 1320. The normalized spacial score (nSPS) is 28.6. The molecular formula is C30H31FN2O5. The van der Waals surface area contributed by atoms with Gasteiger partial charge in [0.2, 0.25) is 12.0 Å². The van der Waals surface area contributed by atoms with Gasteiger partial charge in [-0.05, 0) is 56.0 Å². The van der Waals surface area contributed by atoms with Crippen molar-refractivity contribution in [3.63, 3.8) is 0 Å². The maximum Gasteiger partial charge on any atom is 0.314 e. The van der Waals surface area contributed by atoms with Crippen molar-refractivity contribution in [3.8, 4) is 0 Å². The van der Waals surface area contributed by atoms with E-state index in [1.807, 2.05) is 38.1 Å². The average molecular weight is 519 g/mol. The first-order valence-electron chi connectivity index (χ1n) is 13.3. The third-order valence-corrected chi connectivity index (χ3v) is 8.25. The highest BCUT2D eigenvalue weighted by molar-refractivity contribution is 6.03. The number of halogens is 1. The third kappa shape index (κ3) is 4.11. The first-order valence-corrected chi connectivity index (χ1v) is 13.3. The van der Waals surface area contributed by atoms with Gasteiger partial charge in [-0.2, -0.15) is 0 Å². The second-order valence-corrected chi connectivity index (χ2v) is 11.0. The molecular weight excluding hydrogens is 487 g/mol. The van der Waals surface area contributed by atoms with E-state index in [1.165, 1.54) is 18.2 Å². The molecule has 0 aromatic heterocycles. The number of nitrogens with zero attached hydrogens (tertiary/aromatic N) is 1. The molecule has 1 spiro atoms. The molecule has 0 unspecified atom stereocenters. The molecule has 1 saturated carbocycles. The minimum Gasteiger partial charge on any atom is -0.447 e. The van der Waals surface area contributed by atoms with Crippen molar-refractivity contribution in [1.29, 1.82) is 0 Å². The smallest absolute Gasteiger partial charge is 0.314 e. The molecule has 0 radical (unpaired) electrons. The number of aryl methyl sites for hydroxylation is 2. The van der Waals surface area contributed by atoms with Gasteiger partial charge in [-0.3, -0.25) is 14.4 Å². The van der Waals surface area contributed by atoms with Crippen LogP contribution in [-0.2, 0) is 23.9 Å². The van der Waals surface area contributed by atoms with Gasteiger partial charge in [0.1, 0.15) is 17.3 Å². The standard InChI is InChI=1S/C30H31FN2O5/c1-17-13-18(2)15-20(14-17)33-16-30-12-11-23(38-30)24(25(30)28(33)35)29(36)37-26(21-9-5-6-10-22(21)31)27(34)32-19-7-3-4-8-19/h5-6,9-15,19,23-26H,3-4,7-8,16H2,1-2H3,(H,32,34)/t23-,24-,25+,26-,30+/m0/s1. The van der Waals surface area contributed by atoms with Crippen LogP contribution in [0.15, 0.2) is 54.6 Å². The van der Waals surface area contributed by atoms with Crippen molar-refractivity contribution in [1.82, 2.24) is 5.32 Å². The number of carbonyl (C=O) groups is 3. The molecule has 8 heteroatoms. The highest BCUT2D eigenvalue weighted by Crippen LogP contribution is 2.53. The predicted molar refractivity (Wildman–Crippen MR) is 138 cm³/mol. The lowest BCUT2D eigenvalue weighted by Crippen LogP contribution is -2.43. The van der Waals surface area contributed by atoms with Crippen LogP contribution in [0, 0.1) is 31.5 Å². The SMILES string of the molecule is Cc1cc(C)cc(N2C[C@@]34C=C[C@H](O3)[C@H](C(=O)O[C@H](C(=O)NC3CCCC3)c3ccccc3F)[C@@H]4C2=O)c1. The van der Waals surface area contributed by atoms with Crippen LogP contribution in [0.1, 0.15) is 48.5 Å². The first kappa shape index (κ1) is 24.8. The summed E-state index contributed by atoms with van der Waals surface area (Å²) >= 11 is 0. The van der Waals surface area contributed by atoms with Crippen molar-refractivity contribution in [2.75, 3.05) is 11.4 Å². The Morgan fingerprint density at radius 2 is 1.84 bits per heavy atom. The number of anilines is 1. The monoisotopic (exact) mass is 518 g/mol. The van der Waals surface area contributed by atoms with E-state index in [4.69, 9.17) is 9.47 Å². The Balaban J connectivity index is 1.28. The second kappa shape index (κ2) is 9.34. The highest BCUT2D eigenvalue weighted by atomic mass is 19.1. The van der Waals surface area contributed by atoms with E-state index in [0.29, 0.717) is 0 Å². The minimum absolute atomic E-state index is 0.0136. The molecule has 2 aromatic carbocycles. The van der Waals surface area contributed by atoms with Crippen LogP contribution in [0.4, 0.5) is 10.1 Å². The Hall–Kier alpha value is -3.52. The molecule has 4 aliphatic rings. The second-order valence-electron chi connectivity index (χ2n) is 11.0. The number of hydrogen-bond donors (Lipinski definition) is 1. The zero-order valence-corrected chi connectivity index (χ0v) is 21.5. The summed E-state index contributed by atoms with van der Waals surface area (Å²) in [5.41, 5.74) is 1.85. The minimum atomic E-state index is -1.46. The van der Waals surface area contributed by atoms with Gasteiger partial charge in [-0.15, -0.1) is 0 Å². The van der Waals surface area contributed by atoms with Crippen LogP contribution in [0.5, 0.6) is 0 Å². The van der Waals surface area contributed by atoms with Crippen molar-refractivity contribution in [2.45, 2.75) is 63.4 Å². The summed E-state index contributed by atoms with van der Waals surface area (Å²) in [7, 11) is 0. The molecule has 2 saturated heterocycles. The van der Waals surface area contributed by atoms with E-state index in [-0.39, 0.29) is 24.1 Å². The number of hydrogen-bond acceptors (Lipinski definition) is 5. The van der Waals surface area contributed by atoms with Gasteiger partial charge in [0.15, 0.2) is 0 Å². The number of ether oxygens (including phenoxy) is 2. The number of amides is 2. The van der Waals surface area contributed by atoms with E-state index < -0.39 is 47.3 Å². The molecule has 6 rings (SSSR count). The zero-order valence-electron chi connectivity index (χ0n) is 21.5. The summed E-state index contributed by atoms with van der Waals surface area (Å²) in [5, 5.41) is 2.92. The van der Waals surface area contributed by atoms with Gasteiger partial charge in [-0.1, -0.05) is 49.3 Å². The van der Waals surface area contributed by atoms with Gasteiger partial charge < -0.3 is 19.7 Å². The fourth-order valence-electron chi connectivity index (χ4n) is 6.58. The highest BCUT2D eigenvalue weighted by Gasteiger charge is 2.67. The molecule has 38 heavy (non-hydrogen) atoms.